The molecule has 0 aromatic heterocycles. The molecule has 0 radical (unpaired) electrons. The third-order valence-electron chi connectivity index (χ3n) is 1.76. The summed E-state index contributed by atoms with van der Waals surface area (Å²) in [5, 5.41) is 0. The maximum absolute atomic E-state index is 2.33. The molecule has 1 heteroatoms. The molecule has 7 heavy (non-hydrogen) atoms. The monoisotopic (exact) mass is 100 g/mol. The molecule has 0 aliphatic carbocycles. The Morgan fingerprint density at radius 3 is 2.43 bits per heavy atom. The number of quaternary nitrogens is 1. The molecule has 1 heterocycles. The van der Waals surface area contributed by atoms with E-state index in [1.807, 2.05) is 0 Å². The molecule has 0 bridgehead atoms. The van der Waals surface area contributed by atoms with Gasteiger partial charge < -0.3 is 4.90 Å². The van der Waals surface area contributed by atoms with Gasteiger partial charge in [-0.05, 0) is 0 Å². The molecule has 0 aromatic carbocycles. The van der Waals surface area contributed by atoms with E-state index in [9.17, 15) is 0 Å². The maximum atomic E-state index is 2.33. The van der Waals surface area contributed by atoms with Gasteiger partial charge in [-0.2, -0.15) is 0 Å². The third kappa shape index (κ3) is 1.16. The zero-order valence-electron chi connectivity index (χ0n) is 5.20. The van der Waals surface area contributed by atoms with Crippen molar-refractivity contribution in [1.29, 1.82) is 0 Å². The Morgan fingerprint density at radius 1 is 1.57 bits per heavy atom. The molecule has 0 amide bonds. The zero-order chi connectivity index (χ0) is 5.28. The summed E-state index contributed by atoms with van der Waals surface area (Å²) in [6, 6.07) is 0. The summed E-state index contributed by atoms with van der Waals surface area (Å²) in [6.07, 6.45) is 1.44. The molecule has 1 fully saturated rings. The Bertz CT molecular complexity index is 53.2. The van der Waals surface area contributed by atoms with Crippen molar-refractivity contribution in [3.05, 3.63) is 0 Å². The van der Waals surface area contributed by atoms with Gasteiger partial charge in [0.15, 0.2) is 0 Å². The van der Waals surface area contributed by atoms with E-state index in [4.69, 9.17) is 0 Å². The molecule has 42 valence electrons. The summed E-state index contributed by atoms with van der Waals surface area (Å²) in [5.41, 5.74) is 0. The minimum atomic E-state index is 0.986. The molecule has 0 aromatic rings. The number of likely N-dealkylation sites (tertiary alicyclic amines) is 1. The van der Waals surface area contributed by atoms with E-state index in [-0.39, 0.29) is 0 Å². The molecule has 1 unspecified atom stereocenters. The number of nitrogens with one attached hydrogen (secondary N) is 1. The zero-order valence-corrected chi connectivity index (χ0v) is 5.20. The van der Waals surface area contributed by atoms with Crippen molar-refractivity contribution in [2.75, 3.05) is 20.1 Å². The second kappa shape index (κ2) is 1.83. The third-order valence-corrected chi connectivity index (χ3v) is 1.76. The van der Waals surface area contributed by atoms with Crippen LogP contribution in [0.1, 0.15) is 13.3 Å². The topological polar surface area (TPSA) is 4.44 Å². The predicted molar refractivity (Wildman–Crippen MR) is 30.4 cm³/mol. The van der Waals surface area contributed by atoms with Crippen LogP contribution in [0.5, 0.6) is 0 Å². The molecular weight excluding hydrogens is 86.1 g/mol. The summed E-state index contributed by atoms with van der Waals surface area (Å²) in [5.74, 6) is 0.986. The second-order valence-corrected chi connectivity index (χ2v) is 2.81. The Hall–Kier alpha value is -0.0400. The Morgan fingerprint density at radius 2 is 2.29 bits per heavy atom. The van der Waals surface area contributed by atoms with Gasteiger partial charge in [-0.1, -0.05) is 6.92 Å². The summed E-state index contributed by atoms with van der Waals surface area (Å²) in [7, 11) is 2.27. The first-order chi connectivity index (χ1) is 3.29. The molecule has 1 rings (SSSR count). The van der Waals surface area contributed by atoms with Gasteiger partial charge >= 0.3 is 0 Å². The smallest absolute Gasteiger partial charge is 0.0797 e. The van der Waals surface area contributed by atoms with Crippen LogP contribution in [-0.4, -0.2) is 20.1 Å². The lowest BCUT2D eigenvalue weighted by Crippen LogP contribution is -3.07. The first kappa shape index (κ1) is 5.10. The second-order valence-electron chi connectivity index (χ2n) is 2.81. The fraction of sp³-hybridized carbons (Fsp3) is 1.00. The van der Waals surface area contributed by atoms with Gasteiger partial charge in [-0.25, -0.2) is 0 Å². The predicted octanol–water partition coefficient (Wildman–Crippen LogP) is -0.459. The van der Waals surface area contributed by atoms with E-state index in [0.717, 1.165) is 5.92 Å². The highest BCUT2D eigenvalue weighted by atomic mass is 15.1. The van der Waals surface area contributed by atoms with E-state index in [1.165, 1.54) is 19.5 Å². The van der Waals surface area contributed by atoms with Crippen LogP contribution in [0.15, 0.2) is 0 Å². The Balaban J connectivity index is 2.26. The van der Waals surface area contributed by atoms with Crippen LogP contribution in [0.4, 0.5) is 0 Å². The average Bonchev–Trinajstić information content (AvgIpc) is 1.87. The van der Waals surface area contributed by atoms with Crippen LogP contribution < -0.4 is 4.90 Å². The average molecular weight is 100 g/mol. The largest absolute Gasteiger partial charge is 0.337 e. The quantitative estimate of drug-likeness (QED) is 0.420. The molecule has 1 aliphatic heterocycles. The van der Waals surface area contributed by atoms with Gasteiger partial charge in [-0.15, -0.1) is 0 Å². The molecule has 0 spiro atoms. The van der Waals surface area contributed by atoms with Crippen LogP contribution in [0.25, 0.3) is 0 Å². The van der Waals surface area contributed by atoms with Gasteiger partial charge in [0.1, 0.15) is 0 Å². The standard InChI is InChI=1S/C6H13N/c1-6-3-4-7(2)5-6/h6H,3-5H2,1-2H3/p+1/t6-/m0/s1. The van der Waals surface area contributed by atoms with Gasteiger partial charge in [0, 0.05) is 12.3 Å². The number of hydrogen-bond acceptors (Lipinski definition) is 0. The van der Waals surface area contributed by atoms with Crippen molar-refractivity contribution in [3.63, 3.8) is 0 Å². The van der Waals surface area contributed by atoms with E-state index in [1.54, 1.807) is 4.90 Å². The molecule has 1 aliphatic rings. The minimum absolute atomic E-state index is 0.986. The first-order valence-electron chi connectivity index (χ1n) is 3.10. The number of hydrogen-bond donors (Lipinski definition) is 1. The lowest BCUT2D eigenvalue weighted by Gasteiger charge is -2.00. The summed E-state index contributed by atoms with van der Waals surface area (Å²) in [6.45, 7) is 5.11. The van der Waals surface area contributed by atoms with Gasteiger partial charge in [0.25, 0.3) is 0 Å². The van der Waals surface area contributed by atoms with Crippen molar-refractivity contribution in [1.82, 2.24) is 0 Å². The number of rotatable bonds is 0. The molecule has 0 saturated carbocycles. The van der Waals surface area contributed by atoms with Crippen molar-refractivity contribution in [3.8, 4) is 0 Å². The lowest BCUT2D eigenvalue weighted by atomic mass is 10.2. The molecular formula is C6H14N+. The van der Waals surface area contributed by atoms with Crippen molar-refractivity contribution >= 4 is 0 Å². The normalized spacial score (nSPS) is 42.0. The van der Waals surface area contributed by atoms with Gasteiger partial charge in [0.05, 0.1) is 20.1 Å². The van der Waals surface area contributed by atoms with Gasteiger partial charge in [0.2, 0.25) is 0 Å². The van der Waals surface area contributed by atoms with Crippen molar-refractivity contribution < 1.29 is 4.90 Å². The van der Waals surface area contributed by atoms with E-state index >= 15 is 0 Å². The summed E-state index contributed by atoms with van der Waals surface area (Å²) >= 11 is 0. The highest BCUT2D eigenvalue weighted by Crippen LogP contribution is 1.99. The Kier molecular flexibility index (Phi) is 1.33. The van der Waals surface area contributed by atoms with Crippen LogP contribution >= 0.6 is 0 Å². The van der Waals surface area contributed by atoms with Gasteiger partial charge in [-0.3, -0.25) is 0 Å². The van der Waals surface area contributed by atoms with Crippen LogP contribution in [-0.2, 0) is 0 Å². The van der Waals surface area contributed by atoms with Crippen LogP contribution in [0, 0.1) is 5.92 Å². The molecule has 1 saturated heterocycles. The summed E-state index contributed by atoms with van der Waals surface area (Å²) < 4.78 is 0. The van der Waals surface area contributed by atoms with Crippen molar-refractivity contribution in [2.45, 2.75) is 13.3 Å². The van der Waals surface area contributed by atoms with E-state index in [0.29, 0.717) is 0 Å². The fourth-order valence-corrected chi connectivity index (χ4v) is 1.29. The maximum Gasteiger partial charge on any atom is 0.0797 e. The molecule has 1 nitrogen and oxygen atoms in total. The molecule has 1 N–H and O–H groups in total. The Labute approximate surface area is 45.3 Å². The van der Waals surface area contributed by atoms with Crippen LogP contribution in [0.3, 0.4) is 0 Å². The minimum Gasteiger partial charge on any atom is -0.337 e. The van der Waals surface area contributed by atoms with E-state index in [2.05, 4.69) is 14.0 Å². The van der Waals surface area contributed by atoms with Crippen molar-refractivity contribution in [2.24, 2.45) is 5.92 Å². The fourth-order valence-electron chi connectivity index (χ4n) is 1.29. The highest BCUT2D eigenvalue weighted by Gasteiger charge is 2.17. The first-order valence-corrected chi connectivity index (χ1v) is 3.10. The SMILES string of the molecule is C[C@H]1CC[NH+](C)C1. The van der Waals surface area contributed by atoms with Crippen LogP contribution in [0.2, 0.25) is 0 Å². The molecule has 2 atom stereocenters. The highest BCUT2D eigenvalue weighted by molar-refractivity contribution is 4.53. The lowest BCUT2D eigenvalue weighted by molar-refractivity contribution is -0.867. The van der Waals surface area contributed by atoms with E-state index < -0.39 is 0 Å². The summed E-state index contributed by atoms with van der Waals surface area (Å²) in [4.78, 5) is 1.70.